The van der Waals surface area contributed by atoms with Crippen LogP contribution in [-0.4, -0.2) is 25.7 Å². The van der Waals surface area contributed by atoms with E-state index in [-0.39, 0.29) is 5.91 Å². The lowest BCUT2D eigenvalue weighted by molar-refractivity contribution is 0.102. The van der Waals surface area contributed by atoms with Crippen LogP contribution >= 0.6 is 11.3 Å². The molecule has 0 saturated carbocycles. The van der Waals surface area contributed by atoms with Crippen LogP contribution < -0.4 is 10.1 Å². The van der Waals surface area contributed by atoms with Gasteiger partial charge in [-0.3, -0.25) is 4.79 Å². The van der Waals surface area contributed by atoms with Gasteiger partial charge in [-0.15, -0.1) is 21.5 Å². The Balaban J connectivity index is 1.30. The number of benzene rings is 2. The van der Waals surface area contributed by atoms with E-state index in [9.17, 15) is 4.79 Å². The molecule has 0 atom stereocenters. The first-order chi connectivity index (χ1) is 15.8. The first-order valence-electron chi connectivity index (χ1n) is 10.7. The molecule has 162 valence electrons. The monoisotopic (exact) mass is 445 g/mol. The zero-order chi connectivity index (χ0) is 21.8. The largest absolute Gasteiger partial charge is 0.487 e. The lowest BCUT2D eigenvalue weighted by Crippen LogP contribution is -2.12. The number of aryl methyl sites for hydroxylation is 1. The van der Waals surface area contributed by atoms with Crippen LogP contribution in [0.25, 0.3) is 11.4 Å². The summed E-state index contributed by atoms with van der Waals surface area (Å²) < 4.78 is 7.97. The van der Waals surface area contributed by atoms with Crippen LogP contribution in [0.15, 0.2) is 59.4 Å². The number of anilines is 1. The van der Waals surface area contributed by atoms with Crippen molar-refractivity contribution < 1.29 is 9.53 Å². The minimum absolute atomic E-state index is 0.193. The fraction of sp³-hybridized carbons (Fsp3) is 0.250. The summed E-state index contributed by atoms with van der Waals surface area (Å²) in [6, 6.07) is 14.9. The van der Waals surface area contributed by atoms with E-state index >= 15 is 0 Å². The number of amides is 1. The molecule has 4 aromatic rings. The number of hydrogen-bond donors (Lipinski definition) is 1. The highest BCUT2D eigenvalue weighted by Gasteiger charge is 2.16. The standard InChI is InChI=1S/C24H23N5O2S/c30-24(18-7-5-9-21(13-18)31-14-20-15-32-16-25-20)26-19-8-4-6-17(12-19)23-28-27-22-10-2-1-3-11-29(22)23/h4-9,12-13,15-16H,1-3,10-11,14H2,(H,26,30). The third-order valence-corrected chi connectivity index (χ3v) is 6.09. The number of nitrogens with zero attached hydrogens (tertiary/aromatic N) is 4. The maximum atomic E-state index is 12.9. The molecule has 3 heterocycles. The van der Waals surface area contributed by atoms with Crippen molar-refractivity contribution in [1.82, 2.24) is 19.7 Å². The van der Waals surface area contributed by atoms with Gasteiger partial charge in [-0.25, -0.2) is 4.98 Å². The van der Waals surface area contributed by atoms with Gasteiger partial charge >= 0.3 is 0 Å². The Labute approximate surface area is 190 Å². The van der Waals surface area contributed by atoms with Crippen molar-refractivity contribution in [2.24, 2.45) is 0 Å². The zero-order valence-corrected chi connectivity index (χ0v) is 18.3. The van der Waals surface area contributed by atoms with Gasteiger partial charge in [-0.05, 0) is 43.2 Å². The predicted octanol–water partition coefficient (Wildman–Crippen LogP) is 4.96. The van der Waals surface area contributed by atoms with E-state index in [0.717, 1.165) is 48.7 Å². The van der Waals surface area contributed by atoms with Crippen molar-refractivity contribution >= 4 is 22.9 Å². The molecule has 0 fully saturated rings. The van der Waals surface area contributed by atoms with Gasteiger partial charge in [0.1, 0.15) is 18.2 Å². The van der Waals surface area contributed by atoms with E-state index in [1.54, 1.807) is 17.6 Å². The summed E-state index contributed by atoms with van der Waals surface area (Å²) in [5, 5.41) is 13.7. The molecule has 2 aromatic heterocycles. The van der Waals surface area contributed by atoms with Crippen molar-refractivity contribution in [1.29, 1.82) is 0 Å². The normalized spacial score (nSPS) is 13.2. The van der Waals surface area contributed by atoms with Gasteiger partial charge in [-0.1, -0.05) is 24.6 Å². The van der Waals surface area contributed by atoms with E-state index in [4.69, 9.17) is 4.74 Å². The Morgan fingerprint density at radius 1 is 1.09 bits per heavy atom. The van der Waals surface area contributed by atoms with Crippen molar-refractivity contribution in [2.45, 2.75) is 38.8 Å². The predicted molar refractivity (Wildman–Crippen MR) is 124 cm³/mol. The SMILES string of the molecule is O=C(Nc1cccc(-c2nnc3n2CCCCC3)c1)c1cccc(OCc2cscn2)c1. The van der Waals surface area contributed by atoms with Gasteiger partial charge in [0.25, 0.3) is 5.91 Å². The Morgan fingerprint density at radius 3 is 2.94 bits per heavy atom. The summed E-state index contributed by atoms with van der Waals surface area (Å²) >= 11 is 1.53. The van der Waals surface area contributed by atoms with Gasteiger partial charge in [0.05, 0.1) is 11.2 Å². The molecule has 0 spiro atoms. The number of thiazole rings is 1. The molecular formula is C24H23N5O2S. The number of ether oxygens (including phenoxy) is 1. The molecular weight excluding hydrogens is 422 g/mol. The van der Waals surface area contributed by atoms with Gasteiger partial charge in [-0.2, -0.15) is 0 Å². The summed E-state index contributed by atoms with van der Waals surface area (Å²) in [6.07, 6.45) is 4.46. The lowest BCUT2D eigenvalue weighted by Gasteiger charge is -2.10. The summed E-state index contributed by atoms with van der Waals surface area (Å²) in [4.78, 5) is 17.1. The third kappa shape index (κ3) is 4.55. The molecule has 32 heavy (non-hydrogen) atoms. The average molecular weight is 446 g/mol. The second-order valence-electron chi connectivity index (χ2n) is 7.73. The van der Waals surface area contributed by atoms with E-state index in [2.05, 4.69) is 25.1 Å². The zero-order valence-electron chi connectivity index (χ0n) is 17.5. The Kier molecular flexibility index (Phi) is 5.93. The highest BCUT2D eigenvalue weighted by molar-refractivity contribution is 7.07. The molecule has 0 aliphatic carbocycles. The topological polar surface area (TPSA) is 81.9 Å². The molecule has 0 bridgehead atoms. The molecule has 1 aliphatic heterocycles. The van der Waals surface area contributed by atoms with Crippen LogP contribution in [-0.2, 0) is 19.6 Å². The number of carbonyl (C=O) groups is 1. The second kappa shape index (κ2) is 9.32. The molecule has 0 unspecified atom stereocenters. The third-order valence-electron chi connectivity index (χ3n) is 5.45. The molecule has 7 nitrogen and oxygen atoms in total. The molecule has 0 saturated heterocycles. The summed E-state index contributed by atoms with van der Waals surface area (Å²) in [7, 11) is 0. The van der Waals surface area contributed by atoms with E-state index in [0.29, 0.717) is 23.6 Å². The molecule has 5 rings (SSSR count). The maximum absolute atomic E-state index is 12.9. The minimum Gasteiger partial charge on any atom is -0.487 e. The van der Waals surface area contributed by atoms with Gasteiger partial charge in [0, 0.05) is 35.2 Å². The highest BCUT2D eigenvalue weighted by atomic mass is 32.1. The van der Waals surface area contributed by atoms with Crippen LogP contribution in [0.1, 0.15) is 41.1 Å². The molecule has 1 amide bonds. The van der Waals surface area contributed by atoms with Crippen molar-refractivity contribution in [3.63, 3.8) is 0 Å². The number of nitrogens with one attached hydrogen (secondary N) is 1. The number of fused-ring (bicyclic) bond motifs is 1. The van der Waals surface area contributed by atoms with Gasteiger partial charge in [0.15, 0.2) is 5.82 Å². The summed E-state index contributed by atoms with van der Waals surface area (Å²) in [5.41, 5.74) is 4.83. The molecule has 2 aromatic carbocycles. The average Bonchev–Trinajstić information content (AvgIpc) is 3.43. The van der Waals surface area contributed by atoms with E-state index in [1.165, 1.54) is 17.8 Å². The maximum Gasteiger partial charge on any atom is 0.255 e. The quantitative estimate of drug-likeness (QED) is 0.454. The summed E-state index contributed by atoms with van der Waals surface area (Å²) in [6.45, 7) is 1.31. The number of aromatic nitrogens is 4. The highest BCUT2D eigenvalue weighted by Crippen LogP contribution is 2.25. The fourth-order valence-electron chi connectivity index (χ4n) is 3.83. The Morgan fingerprint density at radius 2 is 2.03 bits per heavy atom. The fourth-order valence-corrected chi connectivity index (χ4v) is 4.37. The van der Waals surface area contributed by atoms with E-state index < -0.39 is 0 Å². The van der Waals surface area contributed by atoms with Crippen molar-refractivity contribution in [2.75, 3.05) is 5.32 Å². The van der Waals surface area contributed by atoms with Gasteiger partial charge in [0.2, 0.25) is 0 Å². The second-order valence-corrected chi connectivity index (χ2v) is 8.45. The number of hydrogen-bond acceptors (Lipinski definition) is 6. The minimum atomic E-state index is -0.193. The molecule has 8 heteroatoms. The van der Waals surface area contributed by atoms with Crippen LogP contribution in [0.5, 0.6) is 5.75 Å². The van der Waals surface area contributed by atoms with Crippen molar-refractivity contribution in [3.8, 4) is 17.1 Å². The van der Waals surface area contributed by atoms with Crippen molar-refractivity contribution in [3.05, 3.63) is 76.5 Å². The number of carbonyl (C=O) groups excluding carboxylic acids is 1. The van der Waals surface area contributed by atoms with E-state index in [1.807, 2.05) is 41.8 Å². The van der Waals surface area contributed by atoms with Gasteiger partial charge < -0.3 is 14.6 Å². The Bertz CT molecular complexity index is 1220. The molecule has 1 N–H and O–H groups in total. The van der Waals surface area contributed by atoms with Crippen LogP contribution in [0.2, 0.25) is 0 Å². The summed E-state index contributed by atoms with van der Waals surface area (Å²) in [5.74, 6) is 2.34. The van der Waals surface area contributed by atoms with Crippen LogP contribution in [0, 0.1) is 0 Å². The van der Waals surface area contributed by atoms with Crippen LogP contribution in [0.4, 0.5) is 5.69 Å². The van der Waals surface area contributed by atoms with Crippen LogP contribution in [0.3, 0.4) is 0 Å². The first kappa shape index (κ1) is 20.4. The smallest absolute Gasteiger partial charge is 0.255 e. The number of rotatable bonds is 6. The molecule has 0 radical (unpaired) electrons. The lowest BCUT2D eigenvalue weighted by atomic mass is 10.1. The first-order valence-corrected chi connectivity index (χ1v) is 11.6. The Hall–Kier alpha value is -3.52. The molecule has 1 aliphatic rings.